The van der Waals surface area contributed by atoms with Crippen molar-refractivity contribution in [1.29, 1.82) is 0 Å². The van der Waals surface area contributed by atoms with Gasteiger partial charge in [-0.25, -0.2) is 5.43 Å². The summed E-state index contributed by atoms with van der Waals surface area (Å²) >= 11 is 0. The number of nitrogens with one attached hydrogen (secondary N) is 2. The minimum absolute atomic E-state index is 0.0402. The van der Waals surface area contributed by atoms with Gasteiger partial charge in [0.05, 0.1) is 6.17 Å². The van der Waals surface area contributed by atoms with Crippen LogP contribution in [0.1, 0.15) is 25.3 Å². The molecule has 4 nitrogen and oxygen atoms in total. The fourth-order valence-electron chi connectivity index (χ4n) is 2.16. The van der Waals surface area contributed by atoms with E-state index in [0.717, 1.165) is 0 Å². The summed E-state index contributed by atoms with van der Waals surface area (Å²) in [5.74, 6) is 0.829. The third-order valence-electron chi connectivity index (χ3n) is 2.98. The van der Waals surface area contributed by atoms with Gasteiger partial charge in [0, 0.05) is 24.4 Å². The van der Waals surface area contributed by atoms with Gasteiger partial charge in [-0.15, -0.1) is 0 Å². The van der Waals surface area contributed by atoms with Crippen LogP contribution in [0.15, 0.2) is 24.5 Å². The highest BCUT2D eigenvalue weighted by atomic mass is 15.5. The predicted molar refractivity (Wildman–Crippen MR) is 59.9 cm³/mol. The van der Waals surface area contributed by atoms with Crippen molar-refractivity contribution in [2.24, 2.45) is 11.7 Å². The van der Waals surface area contributed by atoms with Crippen molar-refractivity contribution in [3.63, 3.8) is 0 Å². The van der Waals surface area contributed by atoms with Gasteiger partial charge in [0.2, 0.25) is 0 Å². The number of pyridine rings is 1. The number of hydrogen-bond acceptors (Lipinski definition) is 4. The van der Waals surface area contributed by atoms with E-state index in [0.29, 0.717) is 17.9 Å². The van der Waals surface area contributed by atoms with Crippen LogP contribution in [-0.2, 0) is 0 Å². The lowest BCUT2D eigenvalue weighted by atomic mass is 9.86. The van der Waals surface area contributed by atoms with Crippen LogP contribution in [-0.4, -0.2) is 17.2 Å². The van der Waals surface area contributed by atoms with E-state index in [1.54, 1.807) is 6.20 Å². The molecule has 1 aliphatic heterocycles. The third-order valence-corrected chi connectivity index (χ3v) is 2.98. The highest BCUT2D eigenvalue weighted by Crippen LogP contribution is 2.28. The molecular weight excluding hydrogens is 188 g/mol. The highest BCUT2D eigenvalue weighted by Gasteiger charge is 2.36. The van der Waals surface area contributed by atoms with Gasteiger partial charge >= 0.3 is 0 Å². The first kappa shape index (κ1) is 10.5. The summed E-state index contributed by atoms with van der Waals surface area (Å²) in [4.78, 5) is 4.15. The molecule has 4 N–H and O–H groups in total. The normalized spacial score (nSPS) is 31.1. The summed E-state index contributed by atoms with van der Waals surface area (Å²) in [6, 6.07) is 4.41. The first-order valence-electron chi connectivity index (χ1n) is 5.36. The maximum atomic E-state index is 6.04. The lowest BCUT2D eigenvalue weighted by molar-refractivity contribution is 0.402. The average molecular weight is 206 g/mol. The van der Waals surface area contributed by atoms with Gasteiger partial charge in [-0.2, -0.15) is 0 Å². The molecule has 0 radical (unpaired) electrons. The van der Waals surface area contributed by atoms with Crippen LogP contribution in [0.3, 0.4) is 0 Å². The van der Waals surface area contributed by atoms with Crippen molar-refractivity contribution in [2.45, 2.75) is 32.0 Å². The molecule has 1 aromatic heterocycles. The Labute approximate surface area is 90.2 Å². The van der Waals surface area contributed by atoms with E-state index in [9.17, 15) is 0 Å². The quantitative estimate of drug-likeness (QED) is 0.662. The Hall–Kier alpha value is -0.970. The second kappa shape index (κ2) is 4.26. The first-order chi connectivity index (χ1) is 7.20. The molecule has 3 unspecified atom stereocenters. The Morgan fingerprint density at radius 1 is 1.40 bits per heavy atom. The predicted octanol–water partition coefficient (Wildman–Crippen LogP) is 0.582. The van der Waals surface area contributed by atoms with Crippen LogP contribution in [0, 0.1) is 5.92 Å². The molecule has 2 heterocycles. The highest BCUT2D eigenvalue weighted by molar-refractivity contribution is 5.21. The maximum absolute atomic E-state index is 6.04. The number of hydrazine groups is 1. The third kappa shape index (κ3) is 2.02. The Morgan fingerprint density at radius 2 is 2.20 bits per heavy atom. The number of aromatic nitrogens is 1. The molecule has 0 saturated carbocycles. The molecule has 1 fully saturated rings. The minimum Gasteiger partial charge on any atom is -0.314 e. The molecular formula is C11H18N4. The van der Waals surface area contributed by atoms with Crippen molar-refractivity contribution in [3.05, 3.63) is 30.1 Å². The number of nitrogens with two attached hydrogens (primary N) is 1. The minimum atomic E-state index is -0.0402. The Bertz CT molecular complexity index is 312. The van der Waals surface area contributed by atoms with Crippen LogP contribution in [0.4, 0.5) is 0 Å². The summed E-state index contributed by atoms with van der Waals surface area (Å²) in [7, 11) is 0. The molecule has 4 heteroatoms. The number of hydrogen-bond donors (Lipinski definition) is 3. The fourth-order valence-corrected chi connectivity index (χ4v) is 2.16. The van der Waals surface area contributed by atoms with Gasteiger partial charge in [-0.3, -0.25) is 10.4 Å². The van der Waals surface area contributed by atoms with Crippen LogP contribution < -0.4 is 16.6 Å². The number of rotatable bonds is 2. The van der Waals surface area contributed by atoms with Crippen LogP contribution in [0.5, 0.6) is 0 Å². The molecule has 15 heavy (non-hydrogen) atoms. The van der Waals surface area contributed by atoms with E-state index in [1.807, 2.05) is 12.3 Å². The zero-order valence-electron chi connectivity index (χ0n) is 9.14. The zero-order valence-corrected chi connectivity index (χ0v) is 9.14. The maximum Gasteiger partial charge on any atom is 0.0764 e. The fraction of sp³-hybridized carbons (Fsp3) is 0.545. The Morgan fingerprint density at radius 3 is 2.80 bits per heavy atom. The van der Waals surface area contributed by atoms with Crippen molar-refractivity contribution in [2.75, 3.05) is 0 Å². The second-order valence-corrected chi connectivity index (χ2v) is 4.40. The first-order valence-corrected chi connectivity index (χ1v) is 5.36. The van der Waals surface area contributed by atoms with Crippen molar-refractivity contribution in [3.8, 4) is 0 Å². The molecule has 0 aromatic carbocycles. The standard InChI is InChI=1S/C11H18N4/c1-7(2)10-9(11(12)15-14-10)8-4-3-5-13-6-8/h3-7,9-11,14-15H,12H2,1-2H3. The molecule has 82 valence electrons. The molecule has 0 bridgehead atoms. The van der Waals surface area contributed by atoms with Crippen LogP contribution in [0.2, 0.25) is 0 Å². The van der Waals surface area contributed by atoms with Gasteiger partial charge in [0.15, 0.2) is 0 Å². The topological polar surface area (TPSA) is 63.0 Å². The van der Waals surface area contributed by atoms with Gasteiger partial charge < -0.3 is 5.73 Å². The van der Waals surface area contributed by atoms with Gasteiger partial charge in [0.1, 0.15) is 0 Å². The Balaban J connectivity index is 2.25. The Kier molecular flexibility index (Phi) is 3.00. The molecule has 0 spiro atoms. The largest absolute Gasteiger partial charge is 0.314 e. The van der Waals surface area contributed by atoms with E-state index in [1.165, 1.54) is 5.56 Å². The monoisotopic (exact) mass is 206 g/mol. The van der Waals surface area contributed by atoms with Gasteiger partial charge in [-0.05, 0) is 17.5 Å². The summed E-state index contributed by atoms with van der Waals surface area (Å²) in [5.41, 5.74) is 13.6. The molecule has 1 aliphatic rings. The second-order valence-electron chi connectivity index (χ2n) is 4.40. The average Bonchev–Trinajstić information content (AvgIpc) is 2.61. The molecule has 1 saturated heterocycles. The number of nitrogens with zero attached hydrogens (tertiary/aromatic N) is 1. The van der Waals surface area contributed by atoms with Crippen LogP contribution >= 0.6 is 0 Å². The van der Waals surface area contributed by atoms with Crippen molar-refractivity contribution in [1.82, 2.24) is 15.8 Å². The van der Waals surface area contributed by atoms with Crippen molar-refractivity contribution >= 4 is 0 Å². The molecule has 3 atom stereocenters. The van der Waals surface area contributed by atoms with E-state index >= 15 is 0 Å². The summed E-state index contributed by atoms with van der Waals surface area (Å²) in [6.45, 7) is 4.39. The van der Waals surface area contributed by atoms with E-state index in [4.69, 9.17) is 5.73 Å². The van der Waals surface area contributed by atoms with E-state index in [2.05, 4.69) is 35.7 Å². The lowest BCUT2D eigenvalue weighted by Gasteiger charge is -2.23. The van der Waals surface area contributed by atoms with Gasteiger partial charge in [0.25, 0.3) is 0 Å². The van der Waals surface area contributed by atoms with Crippen molar-refractivity contribution < 1.29 is 0 Å². The SMILES string of the molecule is CC(C)C1NNC(N)C1c1cccnc1. The van der Waals surface area contributed by atoms with Crippen LogP contribution in [0.25, 0.3) is 0 Å². The van der Waals surface area contributed by atoms with E-state index in [-0.39, 0.29) is 6.17 Å². The lowest BCUT2D eigenvalue weighted by Crippen LogP contribution is -2.39. The molecule has 0 aliphatic carbocycles. The molecule has 2 rings (SSSR count). The summed E-state index contributed by atoms with van der Waals surface area (Å²) in [5, 5.41) is 0. The zero-order chi connectivity index (χ0) is 10.8. The molecule has 1 aromatic rings. The molecule has 0 amide bonds. The summed E-state index contributed by atoms with van der Waals surface area (Å²) in [6.07, 6.45) is 3.64. The smallest absolute Gasteiger partial charge is 0.0764 e. The van der Waals surface area contributed by atoms with E-state index < -0.39 is 0 Å². The van der Waals surface area contributed by atoms with Gasteiger partial charge in [-0.1, -0.05) is 19.9 Å². The summed E-state index contributed by atoms with van der Waals surface area (Å²) < 4.78 is 0.